The van der Waals surface area contributed by atoms with Crippen LogP contribution in [0.2, 0.25) is 0 Å². The molecule has 0 aliphatic rings. The first-order valence-electron chi connectivity index (χ1n) is 8.18. The molecule has 0 saturated heterocycles. The molecule has 3 N–H and O–H groups in total. The van der Waals surface area contributed by atoms with E-state index in [1.165, 1.54) is 24.3 Å². The molecule has 3 aromatic rings. The van der Waals surface area contributed by atoms with E-state index in [2.05, 4.69) is 0 Å². The summed E-state index contributed by atoms with van der Waals surface area (Å²) in [5.74, 6) is -0.725. The van der Waals surface area contributed by atoms with Crippen LogP contribution in [0.5, 0.6) is 0 Å². The van der Waals surface area contributed by atoms with E-state index in [1.807, 2.05) is 35.6 Å². The van der Waals surface area contributed by atoms with Crippen LogP contribution in [0.4, 0.5) is 8.78 Å². The van der Waals surface area contributed by atoms with Crippen molar-refractivity contribution in [3.8, 4) is 0 Å². The van der Waals surface area contributed by atoms with Gasteiger partial charge in [-0.25, -0.2) is 8.78 Å². The predicted molar refractivity (Wildman–Crippen MR) is 92.7 cm³/mol. The standard InChI is InChI=1S/C21H19F2NO/c22-19-10-6-17(7-11-19)21(25,18-8-12-20(23)13-9-18)15-24-14-16-4-2-1-3-5-16/h1-13,24-25H,14-15H2/p+1. The zero-order valence-corrected chi connectivity index (χ0v) is 13.7. The van der Waals surface area contributed by atoms with Crippen molar-refractivity contribution in [2.24, 2.45) is 0 Å². The van der Waals surface area contributed by atoms with Crippen LogP contribution >= 0.6 is 0 Å². The van der Waals surface area contributed by atoms with Gasteiger partial charge in [0, 0.05) is 5.56 Å². The Hall–Kier alpha value is -2.56. The maximum absolute atomic E-state index is 13.3. The van der Waals surface area contributed by atoms with E-state index in [9.17, 15) is 13.9 Å². The zero-order valence-electron chi connectivity index (χ0n) is 13.7. The van der Waals surface area contributed by atoms with E-state index in [4.69, 9.17) is 0 Å². The summed E-state index contributed by atoms with van der Waals surface area (Å²) >= 11 is 0. The highest BCUT2D eigenvalue weighted by Crippen LogP contribution is 2.28. The predicted octanol–water partition coefficient (Wildman–Crippen LogP) is 2.96. The lowest BCUT2D eigenvalue weighted by Crippen LogP contribution is -2.86. The first-order chi connectivity index (χ1) is 12.1. The van der Waals surface area contributed by atoms with E-state index in [0.717, 1.165) is 5.56 Å². The molecular formula is C21H20F2NO+. The lowest BCUT2D eigenvalue weighted by Gasteiger charge is -2.27. The molecule has 0 spiro atoms. The van der Waals surface area contributed by atoms with Gasteiger partial charge >= 0.3 is 0 Å². The monoisotopic (exact) mass is 340 g/mol. The Morgan fingerprint density at radius 2 is 1.20 bits per heavy atom. The van der Waals surface area contributed by atoms with Crippen molar-refractivity contribution in [3.05, 3.63) is 107 Å². The van der Waals surface area contributed by atoms with Gasteiger partial charge in [-0.1, -0.05) is 54.6 Å². The summed E-state index contributed by atoms with van der Waals surface area (Å²) in [6, 6.07) is 21.5. The third kappa shape index (κ3) is 4.10. The fourth-order valence-electron chi connectivity index (χ4n) is 2.92. The van der Waals surface area contributed by atoms with Gasteiger partial charge in [0.2, 0.25) is 0 Å². The Bertz CT molecular complexity index is 756. The van der Waals surface area contributed by atoms with Crippen molar-refractivity contribution in [1.82, 2.24) is 0 Å². The molecule has 0 atom stereocenters. The minimum absolute atomic E-state index is 0.332. The van der Waals surface area contributed by atoms with Crippen molar-refractivity contribution in [2.45, 2.75) is 12.1 Å². The molecule has 0 heterocycles. The molecule has 4 heteroatoms. The number of aliphatic hydroxyl groups is 1. The topological polar surface area (TPSA) is 36.8 Å². The molecule has 0 aliphatic heterocycles. The maximum atomic E-state index is 13.3. The molecule has 3 aromatic carbocycles. The molecule has 128 valence electrons. The minimum Gasteiger partial charge on any atom is -0.375 e. The summed E-state index contributed by atoms with van der Waals surface area (Å²) in [7, 11) is 0. The summed E-state index contributed by atoms with van der Waals surface area (Å²) in [6.45, 7) is 1.03. The number of nitrogens with two attached hydrogens (primary N) is 1. The summed E-state index contributed by atoms with van der Waals surface area (Å²) < 4.78 is 26.5. The van der Waals surface area contributed by atoms with Crippen molar-refractivity contribution in [2.75, 3.05) is 6.54 Å². The van der Waals surface area contributed by atoms with Crippen molar-refractivity contribution < 1.29 is 19.2 Å². The van der Waals surface area contributed by atoms with E-state index >= 15 is 0 Å². The highest BCUT2D eigenvalue weighted by molar-refractivity contribution is 5.36. The van der Waals surface area contributed by atoms with Crippen LogP contribution in [0.15, 0.2) is 78.9 Å². The van der Waals surface area contributed by atoms with Crippen LogP contribution in [0.1, 0.15) is 16.7 Å². The second-order valence-corrected chi connectivity index (χ2v) is 6.06. The van der Waals surface area contributed by atoms with Gasteiger partial charge in [-0.15, -0.1) is 0 Å². The van der Waals surface area contributed by atoms with Gasteiger partial charge in [-0.3, -0.25) is 0 Å². The number of benzene rings is 3. The van der Waals surface area contributed by atoms with E-state index in [-0.39, 0.29) is 11.6 Å². The number of hydrogen-bond acceptors (Lipinski definition) is 1. The largest absolute Gasteiger partial charge is 0.375 e. The second-order valence-electron chi connectivity index (χ2n) is 6.06. The van der Waals surface area contributed by atoms with Gasteiger partial charge < -0.3 is 10.4 Å². The fraction of sp³-hybridized carbons (Fsp3) is 0.143. The molecule has 2 nitrogen and oxygen atoms in total. The van der Waals surface area contributed by atoms with E-state index in [0.29, 0.717) is 24.2 Å². The first-order valence-corrected chi connectivity index (χ1v) is 8.18. The highest BCUT2D eigenvalue weighted by Gasteiger charge is 2.33. The molecule has 0 unspecified atom stereocenters. The zero-order chi connectivity index (χ0) is 17.7. The minimum atomic E-state index is -1.34. The molecule has 0 amide bonds. The van der Waals surface area contributed by atoms with Crippen LogP contribution < -0.4 is 5.32 Å². The van der Waals surface area contributed by atoms with E-state index < -0.39 is 5.60 Å². The van der Waals surface area contributed by atoms with Crippen LogP contribution in [-0.2, 0) is 12.1 Å². The maximum Gasteiger partial charge on any atom is 0.163 e. The summed E-state index contributed by atoms with van der Waals surface area (Å²) in [5, 5.41) is 13.3. The Balaban J connectivity index is 1.86. The lowest BCUT2D eigenvalue weighted by molar-refractivity contribution is -0.682. The van der Waals surface area contributed by atoms with Gasteiger partial charge in [0.15, 0.2) is 5.60 Å². The second kappa shape index (κ2) is 7.55. The smallest absolute Gasteiger partial charge is 0.163 e. The molecular weight excluding hydrogens is 320 g/mol. The molecule has 25 heavy (non-hydrogen) atoms. The number of halogens is 2. The highest BCUT2D eigenvalue weighted by atomic mass is 19.1. The van der Waals surface area contributed by atoms with Crippen LogP contribution in [0.3, 0.4) is 0 Å². The molecule has 0 radical (unpaired) electrons. The van der Waals surface area contributed by atoms with Crippen molar-refractivity contribution in [1.29, 1.82) is 0 Å². The molecule has 0 bridgehead atoms. The molecule has 0 aromatic heterocycles. The molecule has 3 rings (SSSR count). The van der Waals surface area contributed by atoms with Gasteiger partial charge in [-0.05, 0) is 35.4 Å². The van der Waals surface area contributed by atoms with E-state index in [1.54, 1.807) is 24.3 Å². The van der Waals surface area contributed by atoms with Crippen molar-refractivity contribution >= 4 is 0 Å². The molecule has 0 fully saturated rings. The Labute approximate surface area is 145 Å². The Morgan fingerprint density at radius 3 is 1.68 bits per heavy atom. The third-order valence-corrected chi connectivity index (χ3v) is 4.31. The molecule has 0 saturated carbocycles. The lowest BCUT2D eigenvalue weighted by atomic mass is 9.86. The number of rotatable bonds is 6. The summed E-state index contributed by atoms with van der Waals surface area (Å²) in [5.41, 5.74) is 0.952. The van der Waals surface area contributed by atoms with Crippen LogP contribution in [0.25, 0.3) is 0 Å². The third-order valence-electron chi connectivity index (χ3n) is 4.31. The van der Waals surface area contributed by atoms with Gasteiger partial charge in [0.05, 0.1) is 0 Å². The fourth-order valence-corrected chi connectivity index (χ4v) is 2.92. The Kier molecular flexibility index (Phi) is 5.22. The SMILES string of the molecule is OC(C[NH2+]Cc1ccccc1)(c1ccc(F)cc1)c1ccc(F)cc1. The number of quaternary nitrogens is 1. The first kappa shape index (κ1) is 17.3. The normalized spacial score (nSPS) is 11.5. The average Bonchev–Trinajstić information content (AvgIpc) is 2.63. The Morgan fingerprint density at radius 1 is 0.720 bits per heavy atom. The average molecular weight is 340 g/mol. The van der Waals surface area contributed by atoms with Crippen LogP contribution in [-0.4, -0.2) is 11.7 Å². The van der Waals surface area contributed by atoms with Gasteiger partial charge in [0.1, 0.15) is 24.7 Å². The summed E-state index contributed by atoms with van der Waals surface area (Å²) in [4.78, 5) is 0. The number of hydrogen-bond donors (Lipinski definition) is 2. The quantitative estimate of drug-likeness (QED) is 0.711. The molecule has 0 aliphatic carbocycles. The summed E-state index contributed by atoms with van der Waals surface area (Å²) in [6.07, 6.45) is 0. The van der Waals surface area contributed by atoms with Crippen LogP contribution in [0, 0.1) is 11.6 Å². The van der Waals surface area contributed by atoms with Crippen molar-refractivity contribution in [3.63, 3.8) is 0 Å². The van der Waals surface area contributed by atoms with Gasteiger partial charge in [-0.2, -0.15) is 0 Å². The van der Waals surface area contributed by atoms with Gasteiger partial charge in [0.25, 0.3) is 0 Å².